The lowest BCUT2D eigenvalue weighted by molar-refractivity contribution is -0.129. The monoisotopic (exact) mass is 310 g/mol. The zero-order valence-electron chi connectivity index (χ0n) is 11.8. The largest absolute Gasteiger partial charge is 0.372 e. The van der Waals surface area contributed by atoms with Crippen molar-refractivity contribution >= 4 is 10.1 Å². The SMILES string of the molecule is Cc1ccc(S(=O)(=O)O[C@@H]2C[C@H]3O[C@H]4C[C@@H]2O[C@@H]3C4)cc1. The summed E-state index contributed by atoms with van der Waals surface area (Å²) in [6.45, 7) is 1.92. The average molecular weight is 310 g/mol. The first-order valence-corrected chi connectivity index (χ1v) is 8.73. The molecule has 0 spiro atoms. The fourth-order valence-corrected chi connectivity index (χ4v) is 4.60. The standard InChI is InChI=1S/C15H18O5S/c1-9-2-4-11(5-3-9)21(16,17)20-15-8-14-12-6-10(18-14)7-13(15)19-12/h2-5,10,12-15H,6-8H2,1H3/t10-,12-,13+,14-,15-/m1/s1. The number of fused-ring (bicyclic) bond motifs is 2. The maximum Gasteiger partial charge on any atom is 0.297 e. The normalized spacial score (nSPS) is 37.9. The molecule has 6 heteroatoms. The molecule has 0 N–H and O–H groups in total. The number of ether oxygens (including phenoxy) is 2. The molecule has 0 aliphatic carbocycles. The molecule has 0 amide bonds. The zero-order chi connectivity index (χ0) is 14.6. The number of benzene rings is 1. The van der Waals surface area contributed by atoms with Crippen molar-refractivity contribution in [3.8, 4) is 0 Å². The van der Waals surface area contributed by atoms with Gasteiger partial charge < -0.3 is 9.47 Å². The number of hydrogen-bond acceptors (Lipinski definition) is 5. The molecule has 3 saturated heterocycles. The maximum absolute atomic E-state index is 12.4. The van der Waals surface area contributed by atoms with Gasteiger partial charge in [0.25, 0.3) is 10.1 Å². The summed E-state index contributed by atoms with van der Waals surface area (Å²) < 4.78 is 41.9. The Bertz CT molecular complexity index is 637. The quantitative estimate of drug-likeness (QED) is 0.797. The number of rotatable bonds is 3. The second-order valence-corrected chi connectivity index (χ2v) is 7.69. The molecular formula is C15H18O5S. The molecule has 0 unspecified atom stereocenters. The minimum atomic E-state index is -3.75. The van der Waals surface area contributed by atoms with Gasteiger partial charge in [-0.3, -0.25) is 4.18 Å². The van der Waals surface area contributed by atoms with Gasteiger partial charge in [-0.05, 0) is 19.1 Å². The molecule has 5 atom stereocenters. The van der Waals surface area contributed by atoms with Gasteiger partial charge in [0.15, 0.2) is 0 Å². The van der Waals surface area contributed by atoms with Gasteiger partial charge in [0.2, 0.25) is 0 Å². The van der Waals surface area contributed by atoms with E-state index in [9.17, 15) is 8.42 Å². The molecule has 3 heterocycles. The summed E-state index contributed by atoms with van der Waals surface area (Å²) in [5, 5.41) is 0. The second-order valence-electron chi connectivity index (χ2n) is 6.12. The zero-order valence-corrected chi connectivity index (χ0v) is 12.6. The Labute approximate surface area is 124 Å². The Balaban J connectivity index is 1.54. The number of hydrogen-bond donors (Lipinski definition) is 0. The number of aryl methyl sites for hydroxylation is 1. The van der Waals surface area contributed by atoms with Crippen LogP contribution in [0.5, 0.6) is 0 Å². The Morgan fingerprint density at radius 3 is 2.43 bits per heavy atom. The van der Waals surface area contributed by atoms with Crippen LogP contribution in [-0.2, 0) is 23.8 Å². The molecule has 3 aliphatic rings. The molecule has 4 rings (SSSR count). The third-order valence-electron chi connectivity index (χ3n) is 4.56. The van der Waals surface area contributed by atoms with Gasteiger partial charge in [0, 0.05) is 19.3 Å². The lowest BCUT2D eigenvalue weighted by Crippen LogP contribution is -2.48. The summed E-state index contributed by atoms with van der Waals surface area (Å²) in [6, 6.07) is 6.69. The van der Waals surface area contributed by atoms with E-state index in [1.807, 2.05) is 6.92 Å². The van der Waals surface area contributed by atoms with Gasteiger partial charge in [-0.1, -0.05) is 17.7 Å². The summed E-state index contributed by atoms with van der Waals surface area (Å²) in [7, 11) is -3.75. The highest BCUT2D eigenvalue weighted by Gasteiger charge is 2.52. The second kappa shape index (κ2) is 4.78. The first-order valence-electron chi connectivity index (χ1n) is 7.32. The Hall–Kier alpha value is -0.950. The van der Waals surface area contributed by atoms with Crippen LogP contribution in [-0.4, -0.2) is 38.9 Å². The summed E-state index contributed by atoms with van der Waals surface area (Å²) in [5.74, 6) is 0. The van der Waals surface area contributed by atoms with Crippen LogP contribution in [0.15, 0.2) is 29.2 Å². The molecule has 0 aromatic heterocycles. The van der Waals surface area contributed by atoms with Crippen LogP contribution in [0.3, 0.4) is 0 Å². The molecule has 0 saturated carbocycles. The van der Waals surface area contributed by atoms with Gasteiger partial charge >= 0.3 is 0 Å². The minimum Gasteiger partial charge on any atom is -0.372 e. The van der Waals surface area contributed by atoms with E-state index in [1.165, 1.54) is 0 Å². The highest BCUT2D eigenvalue weighted by atomic mass is 32.2. The van der Waals surface area contributed by atoms with Crippen molar-refractivity contribution in [2.24, 2.45) is 0 Å². The van der Waals surface area contributed by atoms with Crippen LogP contribution in [0.4, 0.5) is 0 Å². The van der Waals surface area contributed by atoms with Crippen molar-refractivity contribution in [3.05, 3.63) is 29.8 Å². The molecular weight excluding hydrogens is 292 g/mol. The smallest absolute Gasteiger partial charge is 0.297 e. The van der Waals surface area contributed by atoms with E-state index in [4.69, 9.17) is 13.7 Å². The highest BCUT2D eigenvalue weighted by molar-refractivity contribution is 7.86. The van der Waals surface area contributed by atoms with Crippen LogP contribution in [0, 0.1) is 6.92 Å². The summed E-state index contributed by atoms with van der Waals surface area (Å²) in [4.78, 5) is 0.194. The van der Waals surface area contributed by atoms with Crippen LogP contribution < -0.4 is 0 Å². The topological polar surface area (TPSA) is 61.8 Å². The summed E-state index contributed by atoms with van der Waals surface area (Å²) in [5.41, 5.74) is 1.01. The predicted octanol–water partition coefficient (Wildman–Crippen LogP) is 1.79. The summed E-state index contributed by atoms with van der Waals surface area (Å²) >= 11 is 0. The predicted molar refractivity (Wildman–Crippen MR) is 74.4 cm³/mol. The van der Waals surface area contributed by atoms with Crippen molar-refractivity contribution in [2.75, 3.05) is 0 Å². The van der Waals surface area contributed by atoms with E-state index in [0.29, 0.717) is 6.42 Å². The highest BCUT2D eigenvalue weighted by Crippen LogP contribution is 2.42. The van der Waals surface area contributed by atoms with E-state index < -0.39 is 16.2 Å². The van der Waals surface area contributed by atoms with E-state index in [-0.39, 0.29) is 29.3 Å². The fourth-order valence-electron chi connectivity index (χ4n) is 3.49. The molecule has 1 aromatic carbocycles. The third-order valence-corrected chi connectivity index (χ3v) is 5.91. The van der Waals surface area contributed by atoms with Crippen LogP contribution in [0.1, 0.15) is 24.8 Å². The van der Waals surface area contributed by atoms with Crippen molar-refractivity contribution in [3.63, 3.8) is 0 Å². The molecule has 114 valence electrons. The van der Waals surface area contributed by atoms with Gasteiger partial charge in [0.1, 0.15) is 6.10 Å². The Morgan fingerprint density at radius 2 is 1.67 bits per heavy atom. The third kappa shape index (κ3) is 2.40. The minimum absolute atomic E-state index is 0.0213. The maximum atomic E-state index is 12.4. The average Bonchev–Trinajstić information content (AvgIpc) is 2.64. The first-order chi connectivity index (χ1) is 10.0. The van der Waals surface area contributed by atoms with Crippen molar-refractivity contribution in [1.29, 1.82) is 0 Å². The van der Waals surface area contributed by atoms with E-state index in [1.54, 1.807) is 24.3 Å². The molecule has 3 aliphatic heterocycles. The van der Waals surface area contributed by atoms with E-state index >= 15 is 0 Å². The lowest BCUT2D eigenvalue weighted by Gasteiger charge is -2.37. The first kappa shape index (κ1) is 13.7. The van der Waals surface area contributed by atoms with Crippen molar-refractivity contribution in [1.82, 2.24) is 0 Å². The molecule has 1 aromatic rings. The Kier molecular flexibility index (Phi) is 3.11. The molecule has 5 nitrogen and oxygen atoms in total. The fraction of sp³-hybridized carbons (Fsp3) is 0.600. The molecule has 21 heavy (non-hydrogen) atoms. The summed E-state index contributed by atoms with van der Waals surface area (Å²) in [6.07, 6.45) is 1.93. The molecule has 3 fully saturated rings. The lowest BCUT2D eigenvalue weighted by atomic mass is 9.90. The van der Waals surface area contributed by atoms with Crippen molar-refractivity contribution < 1.29 is 22.1 Å². The van der Waals surface area contributed by atoms with Crippen molar-refractivity contribution in [2.45, 2.75) is 61.6 Å². The van der Waals surface area contributed by atoms with Gasteiger partial charge in [-0.2, -0.15) is 8.42 Å². The van der Waals surface area contributed by atoms with Crippen LogP contribution in [0.25, 0.3) is 0 Å². The van der Waals surface area contributed by atoms with E-state index in [2.05, 4.69) is 0 Å². The van der Waals surface area contributed by atoms with E-state index in [0.717, 1.165) is 18.4 Å². The van der Waals surface area contributed by atoms with Gasteiger partial charge in [0.05, 0.1) is 29.3 Å². The van der Waals surface area contributed by atoms with Crippen LogP contribution >= 0.6 is 0 Å². The van der Waals surface area contributed by atoms with Crippen LogP contribution in [0.2, 0.25) is 0 Å². The Morgan fingerprint density at radius 1 is 1.00 bits per heavy atom. The molecule has 0 radical (unpaired) electrons. The molecule has 3 bridgehead atoms. The van der Waals surface area contributed by atoms with Gasteiger partial charge in [-0.25, -0.2) is 0 Å². The van der Waals surface area contributed by atoms with Gasteiger partial charge in [-0.15, -0.1) is 0 Å².